The summed E-state index contributed by atoms with van der Waals surface area (Å²) in [6.07, 6.45) is 14.3. The Hall–Kier alpha value is -3.82. The van der Waals surface area contributed by atoms with E-state index in [9.17, 15) is 4.79 Å². The molecule has 3 heterocycles. The van der Waals surface area contributed by atoms with E-state index >= 15 is 0 Å². The van der Waals surface area contributed by atoms with Crippen molar-refractivity contribution in [3.05, 3.63) is 73.0 Å². The molecule has 0 bridgehead atoms. The fourth-order valence-corrected chi connectivity index (χ4v) is 4.81. The normalized spacial score (nSPS) is 19.6. The van der Waals surface area contributed by atoms with E-state index < -0.39 is 6.04 Å². The smallest absolute Gasteiger partial charge is 0.239 e. The Balaban J connectivity index is 1.23. The van der Waals surface area contributed by atoms with Gasteiger partial charge in [0.05, 0.1) is 12.2 Å². The maximum absolute atomic E-state index is 12.8. The van der Waals surface area contributed by atoms with Crippen molar-refractivity contribution in [2.75, 3.05) is 25.0 Å². The molecule has 3 atom stereocenters. The average molecular weight is 485 g/mol. The zero-order valence-corrected chi connectivity index (χ0v) is 20.2. The van der Waals surface area contributed by atoms with E-state index in [1.807, 2.05) is 41.4 Å². The minimum Gasteiger partial charge on any atom is -0.340 e. The van der Waals surface area contributed by atoms with Crippen LogP contribution in [0.4, 0.5) is 11.5 Å². The zero-order chi connectivity index (χ0) is 24.9. The SMILES string of the molecule is NCCCCC(N)C(=O)N1CC2C=CC(c3nccc(Nc4ccc(-c5cn[nH]c5)cc4)n3)=CC2C1. The number of anilines is 2. The van der Waals surface area contributed by atoms with Crippen molar-refractivity contribution in [3.63, 3.8) is 0 Å². The predicted octanol–water partition coefficient (Wildman–Crippen LogP) is 3.09. The molecule has 5 rings (SSSR count). The monoisotopic (exact) mass is 484 g/mol. The molecule has 1 amide bonds. The molecule has 9 heteroatoms. The molecule has 36 heavy (non-hydrogen) atoms. The summed E-state index contributed by atoms with van der Waals surface area (Å²) in [5.74, 6) is 1.95. The van der Waals surface area contributed by atoms with Gasteiger partial charge in [0, 0.05) is 54.1 Å². The molecule has 3 unspecified atom stereocenters. The highest BCUT2D eigenvalue weighted by molar-refractivity contribution is 5.82. The number of carbonyl (C=O) groups is 1. The Kier molecular flexibility index (Phi) is 7.20. The molecule has 2 aromatic heterocycles. The number of H-pyrrole nitrogens is 1. The maximum atomic E-state index is 12.8. The molecule has 1 aromatic carbocycles. The topological polar surface area (TPSA) is 139 Å². The summed E-state index contributed by atoms with van der Waals surface area (Å²) in [6, 6.07) is 9.51. The summed E-state index contributed by atoms with van der Waals surface area (Å²) in [7, 11) is 0. The highest BCUT2D eigenvalue weighted by atomic mass is 16.2. The number of benzene rings is 1. The van der Waals surface area contributed by atoms with Crippen LogP contribution in [-0.4, -0.2) is 56.6 Å². The zero-order valence-electron chi connectivity index (χ0n) is 20.2. The number of allylic oxidation sites excluding steroid dienone is 2. The number of rotatable bonds is 9. The highest BCUT2D eigenvalue weighted by Crippen LogP contribution is 2.34. The Morgan fingerprint density at radius 1 is 1.14 bits per heavy atom. The summed E-state index contributed by atoms with van der Waals surface area (Å²) < 4.78 is 0. The van der Waals surface area contributed by atoms with Gasteiger partial charge in [-0.05, 0) is 43.1 Å². The van der Waals surface area contributed by atoms with Crippen LogP contribution < -0.4 is 16.8 Å². The molecule has 186 valence electrons. The standard InChI is InChI=1S/C27H32N8O/c28-11-2-1-3-24(29)27(36)35-16-20-5-4-19(13-21(20)17-35)26-30-12-10-25(34-26)33-23-8-6-18(7-9-23)22-14-31-32-15-22/h4-10,12-15,20-21,24H,1-3,11,16-17,28-29H2,(H,31,32)(H,30,33,34). The third-order valence-electron chi connectivity index (χ3n) is 6.83. The second kappa shape index (κ2) is 10.8. The molecule has 2 aliphatic rings. The summed E-state index contributed by atoms with van der Waals surface area (Å²) in [5.41, 5.74) is 15.8. The molecule has 1 saturated heterocycles. The first-order chi connectivity index (χ1) is 17.6. The number of fused-ring (bicyclic) bond motifs is 1. The number of unbranched alkanes of at least 4 members (excludes halogenated alkanes) is 1. The van der Waals surface area contributed by atoms with Gasteiger partial charge in [0.15, 0.2) is 5.82 Å². The van der Waals surface area contributed by atoms with Gasteiger partial charge >= 0.3 is 0 Å². The lowest BCUT2D eigenvalue weighted by molar-refractivity contribution is -0.131. The van der Waals surface area contributed by atoms with Crippen LogP contribution in [0, 0.1) is 11.8 Å². The summed E-state index contributed by atoms with van der Waals surface area (Å²) in [5, 5.41) is 10.2. The Morgan fingerprint density at radius 2 is 1.97 bits per heavy atom. The first-order valence-electron chi connectivity index (χ1n) is 12.4. The van der Waals surface area contributed by atoms with Gasteiger partial charge in [-0.1, -0.05) is 36.8 Å². The van der Waals surface area contributed by atoms with Gasteiger partial charge in [-0.3, -0.25) is 9.89 Å². The van der Waals surface area contributed by atoms with E-state index in [4.69, 9.17) is 16.5 Å². The second-order valence-corrected chi connectivity index (χ2v) is 9.40. The molecule has 9 nitrogen and oxygen atoms in total. The molecule has 6 N–H and O–H groups in total. The van der Waals surface area contributed by atoms with Gasteiger partial charge in [-0.2, -0.15) is 5.10 Å². The van der Waals surface area contributed by atoms with Gasteiger partial charge in [0.25, 0.3) is 0 Å². The van der Waals surface area contributed by atoms with Crippen LogP contribution in [0.2, 0.25) is 0 Å². The second-order valence-electron chi connectivity index (χ2n) is 9.40. The molecule has 1 fully saturated rings. The number of aromatic amines is 1. The number of aromatic nitrogens is 4. The number of hydrogen-bond donors (Lipinski definition) is 4. The fraction of sp³-hybridized carbons (Fsp3) is 0.333. The van der Waals surface area contributed by atoms with Crippen molar-refractivity contribution in [1.29, 1.82) is 0 Å². The minimum absolute atomic E-state index is 0.0333. The molecular weight excluding hydrogens is 452 g/mol. The van der Waals surface area contributed by atoms with Gasteiger partial charge < -0.3 is 21.7 Å². The number of nitrogens with two attached hydrogens (primary N) is 2. The van der Waals surface area contributed by atoms with Crippen molar-refractivity contribution in [2.24, 2.45) is 23.3 Å². The van der Waals surface area contributed by atoms with Crippen molar-refractivity contribution in [1.82, 2.24) is 25.1 Å². The summed E-state index contributed by atoms with van der Waals surface area (Å²) >= 11 is 0. The number of likely N-dealkylation sites (tertiary alicyclic amines) is 1. The molecule has 3 aromatic rings. The van der Waals surface area contributed by atoms with Crippen LogP contribution in [0.25, 0.3) is 16.7 Å². The van der Waals surface area contributed by atoms with Gasteiger partial charge in [-0.25, -0.2) is 9.97 Å². The first-order valence-corrected chi connectivity index (χ1v) is 12.4. The van der Waals surface area contributed by atoms with Gasteiger partial charge in [-0.15, -0.1) is 0 Å². The Morgan fingerprint density at radius 3 is 2.75 bits per heavy atom. The number of nitrogens with one attached hydrogen (secondary N) is 2. The van der Waals surface area contributed by atoms with Crippen LogP contribution in [-0.2, 0) is 4.79 Å². The number of carbonyl (C=O) groups excluding carboxylic acids is 1. The third kappa shape index (κ3) is 5.37. The lowest BCUT2D eigenvalue weighted by Crippen LogP contribution is -2.42. The molecule has 0 saturated carbocycles. The molecule has 0 radical (unpaired) electrons. The average Bonchev–Trinajstić information content (AvgIpc) is 3.59. The van der Waals surface area contributed by atoms with Crippen LogP contribution in [0.3, 0.4) is 0 Å². The first kappa shape index (κ1) is 23.9. The highest BCUT2D eigenvalue weighted by Gasteiger charge is 2.36. The largest absolute Gasteiger partial charge is 0.340 e. The van der Waals surface area contributed by atoms with E-state index in [2.05, 4.69) is 38.7 Å². The molecule has 1 aliphatic heterocycles. The minimum atomic E-state index is -0.455. The molecule has 0 spiro atoms. The van der Waals surface area contributed by atoms with Crippen molar-refractivity contribution in [3.8, 4) is 11.1 Å². The van der Waals surface area contributed by atoms with E-state index in [1.165, 1.54) is 0 Å². The predicted molar refractivity (Wildman–Crippen MR) is 141 cm³/mol. The number of hydrogen-bond acceptors (Lipinski definition) is 7. The molecular formula is C27H32N8O. The van der Waals surface area contributed by atoms with Gasteiger partial charge in [0.2, 0.25) is 5.91 Å². The lowest BCUT2D eigenvalue weighted by atomic mass is 9.88. The van der Waals surface area contributed by atoms with Crippen LogP contribution in [0.15, 0.2) is 67.2 Å². The maximum Gasteiger partial charge on any atom is 0.239 e. The quantitative estimate of drug-likeness (QED) is 0.342. The van der Waals surface area contributed by atoms with E-state index in [0.717, 1.165) is 41.0 Å². The van der Waals surface area contributed by atoms with E-state index in [0.29, 0.717) is 37.8 Å². The number of nitrogens with zero attached hydrogens (tertiary/aromatic N) is 4. The Bertz CT molecular complexity index is 1230. The van der Waals surface area contributed by atoms with Crippen LogP contribution >= 0.6 is 0 Å². The Labute approximate surface area is 210 Å². The van der Waals surface area contributed by atoms with Crippen molar-refractivity contribution >= 4 is 23.0 Å². The third-order valence-corrected chi connectivity index (χ3v) is 6.83. The van der Waals surface area contributed by atoms with Crippen molar-refractivity contribution < 1.29 is 4.79 Å². The lowest BCUT2D eigenvalue weighted by Gasteiger charge is -2.20. The van der Waals surface area contributed by atoms with Crippen molar-refractivity contribution in [2.45, 2.75) is 25.3 Å². The summed E-state index contributed by atoms with van der Waals surface area (Å²) in [6.45, 7) is 2.00. The fourth-order valence-electron chi connectivity index (χ4n) is 4.81. The van der Waals surface area contributed by atoms with Gasteiger partial charge in [0.1, 0.15) is 5.82 Å². The van der Waals surface area contributed by atoms with E-state index in [-0.39, 0.29) is 11.8 Å². The van der Waals surface area contributed by atoms with Crippen LogP contribution in [0.1, 0.15) is 25.1 Å². The number of amides is 1. The van der Waals surface area contributed by atoms with Crippen LogP contribution in [0.5, 0.6) is 0 Å². The summed E-state index contributed by atoms with van der Waals surface area (Å²) in [4.78, 5) is 24.0. The molecule has 1 aliphatic carbocycles. The van der Waals surface area contributed by atoms with E-state index in [1.54, 1.807) is 12.4 Å².